The van der Waals surface area contributed by atoms with Crippen LogP contribution in [0.5, 0.6) is 0 Å². The number of rotatable bonds is 4. The summed E-state index contributed by atoms with van der Waals surface area (Å²) >= 11 is 3.11. The van der Waals surface area contributed by atoms with E-state index in [0.717, 1.165) is 6.54 Å². The topological polar surface area (TPSA) is 54.0 Å². The van der Waals surface area contributed by atoms with Crippen LogP contribution in [-0.4, -0.2) is 17.4 Å². The van der Waals surface area contributed by atoms with Crippen molar-refractivity contribution in [3.63, 3.8) is 0 Å². The van der Waals surface area contributed by atoms with Crippen molar-refractivity contribution in [1.29, 1.82) is 0 Å². The first-order valence-corrected chi connectivity index (χ1v) is 7.28. The summed E-state index contributed by atoms with van der Waals surface area (Å²) in [5, 5.41) is 5.78. The molecule has 1 heterocycles. The van der Waals surface area contributed by atoms with Crippen LogP contribution < -0.4 is 10.6 Å². The van der Waals surface area contributed by atoms with Gasteiger partial charge in [-0.1, -0.05) is 6.07 Å². The van der Waals surface area contributed by atoms with Crippen molar-refractivity contribution in [3.8, 4) is 0 Å². The highest BCUT2D eigenvalue weighted by atomic mass is 79.9. The Balaban J connectivity index is 2.22. The zero-order valence-electron chi connectivity index (χ0n) is 11.7. The molecular weight excluding hydrogens is 337 g/mol. The molecule has 0 radical (unpaired) electrons. The third-order valence-corrected chi connectivity index (χ3v) is 3.46. The summed E-state index contributed by atoms with van der Waals surface area (Å²) in [4.78, 5) is 16.4. The molecule has 0 unspecified atom stereocenters. The van der Waals surface area contributed by atoms with Gasteiger partial charge in [-0.25, -0.2) is 9.37 Å². The van der Waals surface area contributed by atoms with E-state index in [1.54, 1.807) is 25.1 Å². The molecule has 0 spiro atoms. The normalized spacial score (nSPS) is 10.3. The summed E-state index contributed by atoms with van der Waals surface area (Å²) in [7, 11) is 0. The molecule has 0 aliphatic rings. The number of carbonyl (C=O) groups excluding carboxylic acids is 1. The molecule has 1 aromatic carbocycles. The molecule has 110 valence electrons. The quantitative estimate of drug-likeness (QED) is 0.875. The highest BCUT2D eigenvalue weighted by Crippen LogP contribution is 2.24. The van der Waals surface area contributed by atoms with E-state index in [0.29, 0.717) is 27.2 Å². The van der Waals surface area contributed by atoms with Gasteiger partial charge in [0.05, 0.1) is 4.47 Å². The van der Waals surface area contributed by atoms with Crippen LogP contribution in [0.25, 0.3) is 0 Å². The van der Waals surface area contributed by atoms with Crippen LogP contribution in [0.1, 0.15) is 23.0 Å². The number of carbonyl (C=O) groups is 1. The zero-order valence-corrected chi connectivity index (χ0v) is 13.3. The second-order valence-corrected chi connectivity index (χ2v) is 5.33. The van der Waals surface area contributed by atoms with Gasteiger partial charge in [-0.15, -0.1) is 0 Å². The third-order valence-electron chi connectivity index (χ3n) is 2.86. The van der Waals surface area contributed by atoms with Crippen molar-refractivity contribution in [2.24, 2.45) is 0 Å². The largest absolute Gasteiger partial charge is 0.370 e. The number of nitrogens with one attached hydrogen (secondary N) is 2. The minimum absolute atomic E-state index is 0.299. The van der Waals surface area contributed by atoms with Gasteiger partial charge in [0.1, 0.15) is 17.3 Å². The monoisotopic (exact) mass is 351 g/mol. The Morgan fingerprint density at radius 2 is 2.14 bits per heavy atom. The Bertz CT molecular complexity index is 676. The Hall–Kier alpha value is -1.95. The SMILES string of the molecule is CCNc1cccc(C(=O)Nc2cc(Br)c(F)cc2C)n1. The number of hydrogen-bond donors (Lipinski definition) is 2. The van der Waals surface area contributed by atoms with E-state index in [-0.39, 0.29) is 11.7 Å². The zero-order chi connectivity index (χ0) is 15.4. The fraction of sp³-hybridized carbons (Fsp3) is 0.200. The minimum Gasteiger partial charge on any atom is -0.370 e. The molecular formula is C15H15BrFN3O. The van der Waals surface area contributed by atoms with Crippen LogP contribution in [0, 0.1) is 12.7 Å². The van der Waals surface area contributed by atoms with Crippen molar-refractivity contribution >= 4 is 33.3 Å². The first kappa shape index (κ1) is 15.4. The number of amides is 1. The van der Waals surface area contributed by atoms with E-state index < -0.39 is 0 Å². The lowest BCUT2D eigenvalue weighted by atomic mass is 10.2. The lowest BCUT2D eigenvalue weighted by Crippen LogP contribution is -2.15. The Morgan fingerprint density at radius 3 is 2.86 bits per heavy atom. The molecule has 1 amide bonds. The van der Waals surface area contributed by atoms with Gasteiger partial charge >= 0.3 is 0 Å². The number of benzene rings is 1. The molecule has 0 saturated heterocycles. The van der Waals surface area contributed by atoms with Crippen LogP contribution >= 0.6 is 15.9 Å². The van der Waals surface area contributed by atoms with Crippen molar-refractivity contribution < 1.29 is 9.18 Å². The number of aryl methyl sites for hydroxylation is 1. The molecule has 21 heavy (non-hydrogen) atoms. The van der Waals surface area contributed by atoms with Crippen LogP contribution in [0.3, 0.4) is 0 Å². The number of aromatic nitrogens is 1. The Morgan fingerprint density at radius 1 is 1.38 bits per heavy atom. The van der Waals surface area contributed by atoms with Gasteiger partial charge in [-0.2, -0.15) is 0 Å². The molecule has 0 atom stereocenters. The van der Waals surface area contributed by atoms with E-state index in [1.807, 2.05) is 6.92 Å². The third kappa shape index (κ3) is 3.78. The lowest BCUT2D eigenvalue weighted by molar-refractivity contribution is 0.102. The second-order valence-electron chi connectivity index (χ2n) is 4.47. The average molecular weight is 352 g/mol. The summed E-state index contributed by atoms with van der Waals surface area (Å²) in [5.74, 6) is -0.0590. The molecule has 2 N–H and O–H groups in total. The van der Waals surface area contributed by atoms with Crippen molar-refractivity contribution in [3.05, 3.63) is 51.9 Å². The highest BCUT2D eigenvalue weighted by molar-refractivity contribution is 9.10. The van der Waals surface area contributed by atoms with E-state index >= 15 is 0 Å². The maximum Gasteiger partial charge on any atom is 0.274 e. The van der Waals surface area contributed by atoms with Gasteiger partial charge in [0, 0.05) is 12.2 Å². The van der Waals surface area contributed by atoms with E-state index in [2.05, 4.69) is 31.5 Å². The maximum atomic E-state index is 13.4. The number of anilines is 2. The molecule has 0 fully saturated rings. The molecule has 6 heteroatoms. The van der Waals surface area contributed by atoms with Crippen LogP contribution in [-0.2, 0) is 0 Å². The van der Waals surface area contributed by atoms with Gasteiger partial charge in [0.15, 0.2) is 0 Å². The predicted molar refractivity (Wildman–Crippen MR) is 85.2 cm³/mol. The maximum absolute atomic E-state index is 13.4. The van der Waals surface area contributed by atoms with Crippen molar-refractivity contribution in [2.75, 3.05) is 17.2 Å². The molecule has 2 rings (SSSR count). The predicted octanol–water partition coefficient (Wildman–Crippen LogP) is 3.98. The van der Waals surface area contributed by atoms with Crippen LogP contribution in [0.15, 0.2) is 34.8 Å². The molecule has 0 bridgehead atoms. The molecule has 0 saturated carbocycles. The van der Waals surface area contributed by atoms with Crippen molar-refractivity contribution in [1.82, 2.24) is 4.98 Å². The summed E-state index contributed by atoms with van der Waals surface area (Å²) in [6.45, 7) is 4.41. The first-order valence-electron chi connectivity index (χ1n) is 6.49. The standard InChI is InChI=1S/C15H15BrFN3O/c1-3-18-14-6-4-5-12(19-14)15(21)20-13-8-10(16)11(17)7-9(13)2/h4-8H,3H2,1-2H3,(H,18,19)(H,20,21). The van der Waals surface area contributed by atoms with Gasteiger partial charge in [0.25, 0.3) is 5.91 Å². The van der Waals surface area contributed by atoms with Gasteiger partial charge < -0.3 is 10.6 Å². The number of halogens is 2. The number of pyridine rings is 1. The Kier molecular flexibility index (Phi) is 4.90. The van der Waals surface area contributed by atoms with Gasteiger partial charge in [0.2, 0.25) is 0 Å². The number of nitrogens with zero attached hydrogens (tertiary/aromatic N) is 1. The highest BCUT2D eigenvalue weighted by Gasteiger charge is 2.12. The summed E-state index contributed by atoms with van der Waals surface area (Å²) in [6.07, 6.45) is 0. The minimum atomic E-state index is -0.363. The van der Waals surface area contributed by atoms with Gasteiger partial charge in [-0.3, -0.25) is 4.79 Å². The average Bonchev–Trinajstić information content (AvgIpc) is 2.45. The smallest absolute Gasteiger partial charge is 0.274 e. The van der Waals surface area contributed by atoms with E-state index in [9.17, 15) is 9.18 Å². The van der Waals surface area contributed by atoms with Crippen LogP contribution in [0.2, 0.25) is 0 Å². The second kappa shape index (κ2) is 6.67. The summed E-state index contributed by atoms with van der Waals surface area (Å²) < 4.78 is 13.7. The molecule has 0 aliphatic heterocycles. The molecule has 4 nitrogen and oxygen atoms in total. The van der Waals surface area contributed by atoms with Gasteiger partial charge in [-0.05, 0) is 59.6 Å². The lowest BCUT2D eigenvalue weighted by Gasteiger charge is -2.10. The molecule has 2 aromatic rings. The number of hydrogen-bond acceptors (Lipinski definition) is 3. The van der Waals surface area contributed by atoms with E-state index in [4.69, 9.17) is 0 Å². The fourth-order valence-corrected chi connectivity index (χ4v) is 2.15. The molecule has 0 aliphatic carbocycles. The van der Waals surface area contributed by atoms with Crippen molar-refractivity contribution in [2.45, 2.75) is 13.8 Å². The first-order chi connectivity index (χ1) is 10.0. The van der Waals surface area contributed by atoms with E-state index in [1.165, 1.54) is 12.1 Å². The Labute approximate surface area is 130 Å². The summed E-state index contributed by atoms with van der Waals surface area (Å²) in [6, 6.07) is 8.08. The van der Waals surface area contributed by atoms with Crippen LogP contribution in [0.4, 0.5) is 15.9 Å². The summed E-state index contributed by atoms with van der Waals surface area (Å²) in [5.41, 5.74) is 1.49. The molecule has 1 aromatic heterocycles. The fourth-order valence-electron chi connectivity index (χ4n) is 1.81.